The molecule has 0 fully saturated rings. The van der Waals surface area contributed by atoms with Gasteiger partial charge in [0, 0.05) is 18.2 Å². The predicted molar refractivity (Wildman–Crippen MR) is 95.2 cm³/mol. The van der Waals surface area contributed by atoms with E-state index in [1.165, 1.54) is 0 Å². The molecule has 138 valence electrons. The molecular weight excluding hydrogens is 336 g/mol. The number of H-pyrrole nitrogens is 1. The number of nitrogens with one attached hydrogen (secondary N) is 2. The molecule has 0 aliphatic carbocycles. The quantitative estimate of drug-likeness (QED) is 0.761. The van der Waals surface area contributed by atoms with Crippen molar-refractivity contribution in [2.45, 2.75) is 20.3 Å². The molecule has 3 rings (SSSR count). The van der Waals surface area contributed by atoms with Gasteiger partial charge in [-0.05, 0) is 37.5 Å². The van der Waals surface area contributed by atoms with Crippen LogP contribution in [0.5, 0.6) is 11.5 Å². The molecule has 0 spiro atoms. The Labute approximate surface area is 151 Å². The van der Waals surface area contributed by atoms with Gasteiger partial charge in [-0.2, -0.15) is 0 Å². The first-order valence-electron chi connectivity index (χ1n) is 8.41. The molecular formula is C19H22N2O5. The summed E-state index contributed by atoms with van der Waals surface area (Å²) in [5.41, 5.74) is 2.49. The number of carboxylic acids is 1. The fourth-order valence-electron chi connectivity index (χ4n) is 3.38. The van der Waals surface area contributed by atoms with Gasteiger partial charge in [-0.25, -0.2) is 4.79 Å². The number of para-hydroxylation sites is 1. The highest BCUT2D eigenvalue weighted by Gasteiger charge is 2.25. The van der Waals surface area contributed by atoms with Gasteiger partial charge in [0.15, 0.2) is 11.5 Å². The maximum Gasteiger partial charge on any atom is 0.352 e. The summed E-state index contributed by atoms with van der Waals surface area (Å²) in [5, 5.41) is 12.1. The van der Waals surface area contributed by atoms with Crippen molar-refractivity contribution in [3.8, 4) is 11.5 Å². The number of fused-ring (bicyclic) bond motifs is 1. The van der Waals surface area contributed by atoms with Crippen LogP contribution in [0.3, 0.4) is 0 Å². The monoisotopic (exact) mass is 358 g/mol. The van der Waals surface area contributed by atoms with Crippen LogP contribution in [-0.4, -0.2) is 42.2 Å². The Balaban J connectivity index is 1.67. The SMILES string of the molecule is COc1cccc2c1OC[C@H](CNC(=O)c1c(C)[nH]c(C(=O)O)c1C)C2. The molecule has 2 heterocycles. The molecule has 26 heavy (non-hydrogen) atoms. The summed E-state index contributed by atoms with van der Waals surface area (Å²) >= 11 is 0. The van der Waals surface area contributed by atoms with E-state index in [1.54, 1.807) is 21.0 Å². The zero-order chi connectivity index (χ0) is 18.8. The lowest BCUT2D eigenvalue weighted by Gasteiger charge is -2.26. The topological polar surface area (TPSA) is 101 Å². The molecule has 3 N–H and O–H groups in total. The van der Waals surface area contributed by atoms with E-state index in [0.717, 1.165) is 17.7 Å². The third kappa shape index (κ3) is 3.24. The Hall–Kier alpha value is -2.96. The van der Waals surface area contributed by atoms with Gasteiger partial charge >= 0.3 is 5.97 Å². The molecule has 1 aromatic heterocycles. The van der Waals surface area contributed by atoms with Crippen LogP contribution in [0.2, 0.25) is 0 Å². The predicted octanol–water partition coefficient (Wildman–Crippen LogP) is 2.32. The first-order valence-corrected chi connectivity index (χ1v) is 8.41. The summed E-state index contributed by atoms with van der Waals surface area (Å²) in [7, 11) is 1.61. The first-order chi connectivity index (χ1) is 12.4. The van der Waals surface area contributed by atoms with Crippen LogP contribution in [0.15, 0.2) is 18.2 Å². The number of carbonyl (C=O) groups excluding carboxylic acids is 1. The molecule has 0 radical (unpaired) electrons. The van der Waals surface area contributed by atoms with Gasteiger partial charge in [0.25, 0.3) is 5.91 Å². The summed E-state index contributed by atoms with van der Waals surface area (Å²) in [5.74, 6) is 0.263. The minimum Gasteiger partial charge on any atom is -0.493 e. The highest BCUT2D eigenvalue weighted by Crippen LogP contribution is 2.35. The number of ether oxygens (including phenoxy) is 2. The van der Waals surface area contributed by atoms with Crippen LogP contribution >= 0.6 is 0 Å². The molecule has 1 aliphatic heterocycles. The van der Waals surface area contributed by atoms with Crippen molar-refractivity contribution >= 4 is 11.9 Å². The lowest BCUT2D eigenvalue weighted by Crippen LogP contribution is -2.35. The number of rotatable bonds is 5. The van der Waals surface area contributed by atoms with Gasteiger partial charge in [0.1, 0.15) is 5.69 Å². The van der Waals surface area contributed by atoms with Gasteiger partial charge < -0.3 is 24.9 Å². The first kappa shape index (κ1) is 17.8. The van der Waals surface area contributed by atoms with Crippen LogP contribution in [0.25, 0.3) is 0 Å². The van der Waals surface area contributed by atoms with Crippen molar-refractivity contribution in [3.05, 3.63) is 46.3 Å². The number of aromatic nitrogens is 1. The van der Waals surface area contributed by atoms with Crippen molar-refractivity contribution in [2.75, 3.05) is 20.3 Å². The van der Waals surface area contributed by atoms with E-state index in [-0.39, 0.29) is 17.5 Å². The highest BCUT2D eigenvalue weighted by molar-refractivity contribution is 6.00. The Morgan fingerprint density at radius 3 is 2.81 bits per heavy atom. The number of carbonyl (C=O) groups is 2. The van der Waals surface area contributed by atoms with Gasteiger partial charge in [0.05, 0.1) is 19.3 Å². The maximum absolute atomic E-state index is 12.5. The van der Waals surface area contributed by atoms with Gasteiger partial charge in [-0.1, -0.05) is 12.1 Å². The van der Waals surface area contributed by atoms with Crippen molar-refractivity contribution in [3.63, 3.8) is 0 Å². The van der Waals surface area contributed by atoms with Crippen molar-refractivity contribution in [1.29, 1.82) is 0 Å². The largest absolute Gasteiger partial charge is 0.493 e. The second kappa shape index (κ2) is 7.11. The lowest BCUT2D eigenvalue weighted by atomic mass is 9.96. The molecule has 7 heteroatoms. The van der Waals surface area contributed by atoms with Gasteiger partial charge in [0.2, 0.25) is 0 Å². The summed E-state index contributed by atoms with van der Waals surface area (Å²) in [6.45, 7) is 4.26. The lowest BCUT2D eigenvalue weighted by molar-refractivity contribution is 0.0690. The molecule has 7 nitrogen and oxygen atoms in total. The number of aromatic amines is 1. The number of hydrogen-bond acceptors (Lipinski definition) is 4. The van der Waals surface area contributed by atoms with Crippen LogP contribution in [0.1, 0.15) is 37.7 Å². The average Bonchev–Trinajstić information content (AvgIpc) is 2.93. The minimum absolute atomic E-state index is 0.0506. The van der Waals surface area contributed by atoms with E-state index in [9.17, 15) is 9.59 Å². The summed E-state index contributed by atoms with van der Waals surface area (Å²) in [4.78, 5) is 26.5. The number of amides is 1. The normalized spacial score (nSPS) is 15.7. The molecule has 0 saturated heterocycles. The molecule has 0 bridgehead atoms. The van der Waals surface area contributed by atoms with E-state index in [4.69, 9.17) is 14.6 Å². The number of methoxy groups -OCH3 is 1. The van der Waals surface area contributed by atoms with Gasteiger partial charge in [-0.3, -0.25) is 4.79 Å². The highest BCUT2D eigenvalue weighted by atomic mass is 16.5. The molecule has 1 atom stereocenters. The van der Waals surface area contributed by atoms with E-state index in [1.807, 2.05) is 18.2 Å². The van der Waals surface area contributed by atoms with Crippen LogP contribution in [-0.2, 0) is 6.42 Å². The van der Waals surface area contributed by atoms with E-state index < -0.39 is 5.97 Å². The Kier molecular flexibility index (Phi) is 4.88. The smallest absolute Gasteiger partial charge is 0.352 e. The van der Waals surface area contributed by atoms with E-state index in [0.29, 0.717) is 35.7 Å². The fraction of sp³-hybridized carbons (Fsp3) is 0.368. The van der Waals surface area contributed by atoms with Crippen molar-refractivity contribution in [1.82, 2.24) is 10.3 Å². The summed E-state index contributed by atoms with van der Waals surface area (Å²) < 4.78 is 11.1. The van der Waals surface area contributed by atoms with Crippen LogP contribution < -0.4 is 14.8 Å². The second-order valence-electron chi connectivity index (χ2n) is 6.47. The maximum atomic E-state index is 12.5. The number of aromatic carboxylic acids is 1. The second-order valence-corrected chi connectivity index (χ2v) is 6.47. The molecule has 2 aromatic rings. The Morgan fingerprint density at radius 1 is 1.38 bits per heavy atom. The molecule has 0 saturated carbocycles. The van der Waals surface area contributed by atoms with Crippen LogP contribution in [0.4, 0.5) is 0 Å². The zero-order valence-corrected chi connectivity index (χ0v) is 15.0. The average molecular weight is 358 g/mol. The summed E-state index contributed by atoms with van der Waals surface area (Å²) in [6.07, 6.45) is 0.776. The Morgan fingerprint density at radius 2 is 2.15 bits per heavy atom. The van der Waals surface area contributed by atoms with E-state index >= 15 is 0 Å². The standard InChI is InChI=1S/C19H22N2O5/c1-10-15(11(2)21-16(10)19(23)24)18(22)20-8-12-7-13-5-4-6-14(25-3)17(13)26-9-12/h4-6,12,21H,7-9H2,1-3H3,(H,20,22)(H,23,24)/t12-/m0/s1. The third-order valence-corrected chi connectivity index (χ3v) is 4.68. The molecule has 0 unspecified atom stereocenters. The number of hydrogen-bond donors (Lipinski definition) is 3. The van der Waals surface area contributed by atoms with Crippen LogP contribution in [0, 0.1) is 19.8 Å². The molecule has 1 aromatic carbocycles. The zero-order valence-electron chi connectivity index (χ0n) is 15.0. The fourth-order valence-corrected chi connectivity index (χ4v) is 3.38. The summed E-state index contributed by atoms with van der Waals surface area (Å²) in [6, 6.07) is 5.77. The number of benzene rings is 1. The Bertz CT molecular complexity index is 856. The molecule has 1 amide bonds. The van der Waals surface area contributed by atoms with Gasteiger partial charge in [-0.15, -0.1) is 0 Å². The molecule has 1 aliphatic rings. The third-order valence-electron chi connectivity index (χ3n) is 4.68. The van der Waals surface area contributed by atoms with Crippen molar-refractivity contribution < 1.29 is 24.2 Å². The number of aryl methyl sites for hydroxylation is 1. The van der Waals surface area contributed by atoms with Crippen molar-refractivity contribution in [2.24, 2.45) is 5.92 Å². The van der Waals surface area contributed by atoms with E-state index in [2.05, 4.69) is 10.3 Å². The minimum atomic E-state index is -1.07. The number of carboxylic acid groups (broad SMARTS) is 1.